The van der Waals surface area contributed by atoms with Gasteiger partial charge in [-0.2, -0.15) is 0 Å². The van der Waals surface area contributed by atoms with Gasteiger partial charge in [0.05, 0.1) is 13.1 Å². The van der Waals surface area contributed by atoms with E-state index in [4.69, 9.17) is 4.99 Å². The fourth-order valence-corrected chi connectivity index (χ4v) is 3.51. The summed E-state index contributed by atoms with van der Waals surface area (Å²) in [7, 11) is 3.76. The molecule has 30 heavy (non-hydrogen) atoms. The SMILES string of the molecule is CCNC(=NCc1cccc(NC(=O)CN(C)C)c1)NCC1(c2ccccc2)CC1. The Kier molecular flexibility index (Phi) is 7.46. The van der Waals surface area contributed by atoms with Crippen molar-refractivity contribution in [3.05, 3.63) is 65.7 Å². The van der Waals surface area contributed by atoms with Gasteiger partial charge < -0.3 is 20.9 Å². The third kappa shape index (κ3) is 6.32. The Balaban J connectivity index is 1.60. The summed E-state index contributed by atoms with van der Waals surface area (Å²) in [5, 5.41) is 9.80. The van der Waals surface area contributed by atoms with E-state index in [1.54, 1.807) is 0 Å². The zero-order chi connectivity index (χ0) is 21.4. The van der Waals surface area contributed by atoms with Gasteiger partial charge in [-0.05, 0) is 57.1 Å². The Morgan fingerprint density at radius 3 is 2.50 bits per heavy atom. The maximum atomic E-state index is 12.0. The minimum Gasteiger partial charge on any atom is -0.357 e. The number of guanidine groups is 1. The fourth-order valence-electron chi connectivity index (χ4n) is 3.51. The summed E-state index contributed by atoms with van der Waals surface area (Å²) in [4.78, 5) is 18.6. The lowest BCUT2D eigenvalue weighted by Crippen LogP contribution is -2.41. The molecular weight excluding hydrogens is 374 g/mol. The Morgan fingerprint density at radius 1 is 1.07 bits per heavy atom. The van der Waals surface area contributed by atoms with Crippen molar-refractivity contribution >= 4 is 17.6 Å². The third-order valence-corrected chi connectivity index (χ3v) is 5.27. The Labute approximate surface area is 179 Å². The molecule has 0 spiro atoms. The van der Waals surface area contributed by atoms with E-state index in [2.05, 4.69) is 53.2 Å². The lowest BCUT2D eigenvalue weighted by atomic mass is 9.96. The zero-order valence-corrected chi connectivity index (χ0v) is 18.2. The number of hydrogen-bond acceptors (Lipinski definition) is 3. The van der Waals surface area contributed by atoms with Crippen molar-refractivity contribution in [3.63, 3.8) is 0 Å². The lowest BCUT2D eigenvalue weighted by molar-refractivity contribution is -0.116. The average Bonchev–Trinajstić information content (AvgIpc) is 3.51. The van der Waals surface area contributed by atoms with E-state index >= 15 is 0 Å². The first-order valence-corrected chi connectivity index (χ1v) is 10.6. The van der Waals surface area contributed by atoms with Crippen LogP contribution < -0.4 is 16.0 Å². The number of rotatable bonds is 9. The average molecular weight is 408 g/mol. The molecule has 6 nitrogen and oxygen atoms in total. The number of anilines is 1. The Morgan fingerprint density at radius 2 is 1.83 bits per heavy atom. The summed E-state index contributed by atoms with van der Waals surface area (Å²) < 4.78 is 0. The van der Waals surface area contributed by atoms with Crippen molar-refractivity contribution in [3.8, 4) is 0 Å². The number of nitrogens with one attached hydrogen (secondary N) is 3. The van der Waals surface area contributed by atoms with Crippen molar-refractivity contribution < 1.29 is 4.79 Å². The van der Waals surface area contributed by atoms with Crippen molar-refractivity contribution in [2.75, 3.05) is 39.0 Å². The van der Waals surface area contributed by atoms with Gasteiger partial charge in [0, 0.05) is 24.2 Å². The van der Waals surface area contributed by atoms with Crippen LogP contribution in [0.25, 0.3) is 0 Å². The highest BCUT2D eigenvalue weighted by Crippen LogP contribution is 2.47. The van der Waals surface area contributed by atoms with E-state index in [9.17, 15) is 4.79 Å². The van der Waals surface area contributed by atoms with Gasteiger partial charge in [0.1, 0.15) is 0 Å². The van der Waals surface area contributed by atoms with Gasteiger partial charge in [-0.15, -0.1) is 0 Å². The van der Waals surface area contributed by atoms with Crippen LogP contribution >= 0.6 is 0 Å². The maximum absolute atomic E-state index is 12.0. The van der Waals surface area contributed by atoms with Gasteiger partial charge in [0.2, 0.25) is 5.91 Å². The highest BCUT2D eigenvalue weighted by molar-refractivity contribution is 5.92. The Bertz CT molecular complexity index is 859. The van der Waals surface area contributed by atoms with Crippen molar-refractivity contribution in [1.82, 2.24) is 15.5 Å². The standard InChI is InChI=1S/C24H33N5O/c1-4-25-23(27-18-24(13-14-24)20-10-6-5-7-11-20)26-16-19-9-8-12-21(15-19)28-22(30)17-29(2)3/h5-12,15H,4,13-14,16-18H2,1-3H3,(H,28,30)(H2,25,26,27). The minimum atomic E-state index is -0.0219. The molecule has 1 aliphatic carbocycles. The lowest BCUT2D eigenvalue weighted by Gasteiger charge is -2.19. The molecule has 0 unspecified atom stereocenters. The quantitative estimate of drug-likeness (QED) is 0.442. The summed E-state index contributed by atoms with van der Waals surface area (Å²) >= 11 is 0. The first-order valence-electron chi connectivity index (χ1n) is 10.6. The molecule has 1 saturated carbocycles. The third-order valence-electron chi connectivity index (χ3n) is 5.27. The molecule has 0 saturated heterocycles. The molecular formula is C24H33N5O. The highest BCUT2D eigenvalue weighted by Gasteiger charge is 2.43. The highest BCUT2D eigenvalue weighted by atomic mass is 16.2. The molecule has 1 fully saturated rings. The first-order chi connectivity index (χ1) is 14.5. The number of nitrogens with zero attached hydrogens (tertiary/aromatic N) is 2. The van der Waals surface area contributed by atoms with Crippen LogP contribution in [0.3, 0.4) is 0 Å². The fraction of sp³-hybridized carbons (Fsp3) is 0.417. The van der Waals surface area contributed by atoms with Gasteiger partial charge in [-0.3, -0.25) is 4.79 Å². The van der Waals surface area contributed by atoms with E-state index < -0.39 is 0 Å². The number of carbonyl (C=O) groups excluding carboxylic acids is 1. The predicted octanol–water partition coefficient (Wildman–Crippen LogP) is 2.97. The second-order valence-corrected chi connectivity index (χ2v) is 8.18. The molecule has 0 aliphatic heterocycles. The summed E-state index contributed by atoms with van der Waals surface area (Å²) in [5.41, 5.74) is 3.48. The van der Waals surface area contributed by atoms with Gasteiger partial charge in [-0.1, -0.05) is 42.5 Å². The van der Waals surface area contributed by atoms with Crippen molar-refractivity contribution in [2.45, 2.75) is 31.7 Å². The topological polar surface area (TPSA) is 68.8 Å². The molecule has 0 atom stereocenters. The number of amides is 1. The summed E-state index contributed by atoms with van der Waals surface area (Å²) in [6, 6.07) is 18.6. The van der Waals surface area contributed by atoms with E-state index in [1.165, 1.54) is 18.4 Å². The first kappa shape index (κ1) is 21.8. The smallest absolute Gasteiger partial charge is 0.238 e. The van der Waals surface area contributed by atoms with Gasteiger partial charge in [0.15, 0.2) is 5.96 Å². The van der Waals surface area contributed by atoms with Crippen LogP contribution in [0.15, 0.2) is 59.6 Å². The number of carbonyl (C=O) groups is 1. The second kappa shape index (κ2) is 10.3. The second-order valence-electron chi connectivity index (χ2n) is 8.18. The number of benzene rings is 2. The molecule has 2 aromatic rings. The van der Waals surface area contributed by atoms with Crippen LogP contribution in [0.2, 0.25) is 0 Å². The van der Waals surface area contributed by atoms with Crippen LogP contribution in [0.5, 0.6) is 0 Å². The molecule has 1 amide bonds. The molecule has 3 N–H and O–H groups in total. The summed E-state index contributed by atoms with van der Waals surface area (Å²) in [6.07, 6.45) is 2.41. The molecule has 0 aromatic heterocycles. The van der Waals surface area contributed by atoms with Crippen LogP contribution in [0.4, 0.5) is 5.69 Å². The van der Waals surface area contributed by atoms with Crippen LogP contribution in [-0.4, -0.2) is 50.5 Å². The largest absolute Gasteiger partial charge is 0.357 e. The maximum Gasteiger partial charge on any atom is 0.238 e. The number of likely N-dealkylation sites (N-methyl/N-ethyl adjacent to an activating group) is 1. The molecule has 0 heterocycles. The van der Waals surface area contributed by atoms with E-state index in [0.29, 0.717) is 13.1 Å². The van der Waals surface area contributed by atoms with Crippen molar-refractivity contribution in [2.24, 2.45) is 4.99 Å². The molecule has 6 heteroatoms. The summed E-state index contributed by atoms with van der Waals surface area (Å²) in [6.45, 7) is 4.67. The molecule has 0 bridgehead atoms. The molecule has 2 aromatic carbocycles. The van der Waals surface area contributed by atoms with E-state index in [1.807, 2.05) is 43.3 Å². The monoisotopic (exact) mass is 407 g/mol. The predicted molar refractivity (Wildman–Crippen MR) is 124 cm³/mol. The van der Waals surface area contributed by atoms with Crippen LogP contribution in [0.1, 0.15) is 30.9 Å². The molecule has 1 aliphatic rings. The normalized spacial score (nSPS) is 15.0. The zero-order valence-electron chi connectivity index (χ0n) is 18.2. The summed E-state index contributed by atoms with van der Waals surface area (Å²) in [5.74, 6) is 0.799. The van der Waals surface area contributed by atoms with E-state index in [-0.39, 0.29) is 11.3 Å². The Hall–Kier alpha value is -2.86. The number of hydrogen-bond donors (Lipinski definition) is 3. The molecule has 160 valence electrons. The van der Waals surface area contributed by atoms with Crippen LogP contribution in [-0.2, 0) is 16.8 Å². The van der Waals surface area contributed by atoms with Gasteiger partial charge >= 0.3 is 0 Å². The van der Waals surface area contributed by atoms with Gasteiger partial charge in [0.25, 0.3) is 0 Å². The molecule has 3 rings (SSSR count). The van der Waals surface area contributed by atoms with Crippen molar-refractivity contribution in [1.29, 1.82) is 0 Å². The van der Waals surface area contributed by atoms with E-state index in [0.717, 1.165) is 30.3 Å². The van der Waals surface area contributed by atoms with Gasteiger partial charge in [-0.25, -0.2) is 4.99 Å². The van der Waals surface area contributed by atoms with Crippen LogP contribution in [0, 0.1) is 0 Å². The minimum absolute atomic E-state index is 0.0219. The molecule has 0 radical (unpaired) electrons. The number of aliphatic imine (C=N–C) groups is 1.